The lowest BCUT2D eigenvalue weighted by molar-refractivity contribution is -0.159. The highest BCUT2D eigenvalue weighted by Gasteiger charge is 2.54. The molecule has 1 spiro atoms. The Hall–Kier alpha value is -4.38. The predicted octanol–water partition coefficient (Wildman–Crippen LogP) is 5.43. The molecule has 5 heteroatoms. The van der Waals surface area contributed by atoms with Gasteiger partial charge >= 0.3 is 0 Å². The molecule has 1 atom stereocenters. The van der Waals surface area contributed by atoms with Crippen molar-refractivity contribution in [3.8, 4) is 0 Å². The first kappa shape index (κ1) is 25.9. The van der Waals surface area contributed by atoms with Gasteiger partial charge in [-0.2, -0.15) is 0 Å². The lowest BCUT2D eigenvalue weighted by atomic mass is 9.79. The van der Waals surface area contributed by atoms with Crippen LogP contribution in [0.3, 0.4) is 0 Å². The van der Waals surface area contributed by atoms with Gasteiger partial charge in [0.15, 0.2) is 0 Å². The molecule has 1 N–H and O–H groups in total. The number of anilines is 1. The predicted molar refractivity (Wildman–Crippen MR) is 159 cm³/mol. The zero-order chi connectivity index (χ0) is 27.4. The monoisotopic (exact) mass is 529 g/mol. The number of piperidine rings is 1. The van der Waals surface area contributed by atoms with Crippen LogP contribution in [0.4, 0.5) is 5.69 Å². The van der Waals surface area contributed by atoms with Crippen molar-refractivity contribution in [2.45, 2.75) is 36.8 Å². The fourth-order valence-electron chi connectivity index (χ4n) is 6.36. The van der Waals surface area contributed by atoms with Crippen LogP contribution in [-0.4, -0.2) is 47.9 Å². The number of carbonyl (C=O) groups excluding carboxylic acids is 2. The zero-order valence-corrected chi connectivity index (χ0v) is 22.7. The smallest absolute Gasteiger partial charge is 0.246 e. The summed E-state index contributed by atoms with van der Waals surface area (Å²) in [5.74, 6) is -0.0623. The van der Waals surface area contributed by atoms with E-state index in [0.29, 0.717) is 38.9 Å². The lowest BCUT2D eigenvalue weighted by Crippen LogP contribution is -2.73. The molecule has 4 aromatic rings. The number of amides is 2. The van der Waals surface area contributed by atoms with Crippen molar-refractivity contribution in [1.29, 1.82) is 0 Å². The fourth-order valence-corrected chi connectivity index (χ4v) is 6.36. The first-order chi connectivity index (χ1) is 19.6. The highest BCUT2D eigenvalue weighted by Crippen LogP contribution is 2.38. The number of hydrogen-bond donors (Lipinski definition) is 1. The van der Waals surface area contributed by atoms with E-state index >= 15 is 0 Å². The van der Waals surface area contributed by atoms with Crippen molar-refractivity contribution < 1.29 is 9.59 Å². The SMILES string of the molecule is O=C1C(Cc2ccccc2)NC(=O)C2(CCN(c3ccccc3)CC2)N1CC(c1ccccc1)c1ccccc1. The van der Waals surface area contributed by atoms with Gasteiger partial charge in [0.05, 0.1) is 0 Å². The molecule has 6 rings (SSSR count). The maximum absolute atomic E-state index is 14.4. The first-order valence-corrected chi connectivity index (χ1v) is 14.2. The van der Waals surface area contributed by atoms with Gasteiger partial charge in [0.1, 0.15) is 11.6 Å². The summed E-state index contributed by atoms with van der Waals surface area (Å²) in [6, 6.07) is 40.4. The summed E-state index contributed by atoms with van der Waals surface area (Å²) < 4.78 is 0. The quantitative estimate of drug-likeness (QED) is 0.348. The Bertz CT molecular complexity index is 1380. The third-order valence-electron chi connectivity index (χ3n) is 8.57. The summed E-state index contributed by atoms with van der Waals surface area (Å²) in [4.78, 5) is 32.8. The van der Waals surface area contributed by atoms with Gasteiger partial charge in [-0.3, -0.25) is 9.59 Å². The molecule has 0 aromatic heterocycles. The minimum atomic E-state index is -0.878. The van der Waals surface area contributed by atoms with Crippen LogP contribution in [0.1, 0.15) is 35.4 Å². The van der Waals surface area contributed by atoms with Crippen molar-refractivity contribution in [2.24, 2.45) is 0 Å². The maximum atomic E-state index is 14.4. The Morgan fingerprint density at radius 3 is 1.75 bits per heavy atom. The Labute approximate surface area is 236 Å². The molecule has 2 heterocycles. The van der Waals surface area contributed by atoms with Crippen LogP contribution in [0, 0.1) is 0 Å². The minimum Gasteiger partial charge on any atom is -0.371 e. The molecule has 0 radical (unpaired) electrons. The fraction of sp³-hybridized carbons (Fsp3) is 0.257. The number of piperazine rings is 1. The van der Waals surface area contributed by atoms with Gasteiger partial charge in [-0.25, -0.2) is 0 Å². The van der Waals surface area contributed by atoms with Crippen LogP contribution in [0.25, 0.3) is 0 Å². The molecular formula is C35H35N3O2. The van der Waals surface area contributed by atoms with Crippen LogP contribution >= 0.6 is 0 Å². The number of benzene rings is 4. The Morgan fingerprint density at radius 1 is 0.700 bits per heavy atom. The first-order valence-electron chi connectivity index (χ1n) is 14.2. The van der Waals surface area contributed by atoms with E-state index < -0.39 is 11.6 Å². The van der Waals surface area contributed by atoms with Crippen molar-refractivity contribution in [2.75, 3.05) is 24.5 Å². The molecule has 0 bridgehead atoms. The molecule has 40 heavy (non-hydrogen) atoms. The van der Waals surface area contributed by atoms with Gasteiger partial charge in [0.25, 0.3) is 0 Å². The van der Waals surface area contributed by atoms with E-state index in [2.05, 4.69) is 46.6 Å². The molecule has 2 saturated heterocycles. The summed E-state index contributed by atoms with van der Waals surface area (Å²) in [6.07, 6.45) is 1.66. The summed E-state index contributed by atoms with van der Waals surface area (Å²) in [5.41, 5.74) is 3.60. The van der Waals surface area contributed by atoms with E-state index in [1.54, 1.807) is 0 Å². The van der Waals surface area contributed by atoms with Gasteiger partial charge in [-0.1, -0.05) is 109 Å². The number of nitrogens with zero attached hydrogens (tertiary/aromatic N) is 2. The van der Waals surface area contributed by atoms with E-state index in [-0.39, 0.29) is 17.7 Å². The average molecular weight is 530 g/mol. The minimum absolute atomic E-state index is 0.00785. The lowest BCUT2D eigenvalue weighted by Gasteiger charge is -2.52. The van der Waals surface area contributed by atoms with E-state index in [9.17, 15) is 9.59 Å². The summed E-state index contributed by atoms with van der Waals surface area (Å²) in [7, 11) is 0. The molecule has 0 aliphatic carbocycles. The summed E-state index contributed by atoms with van der Waals surface area (Å²) >= 11 is 0. The van der Waals surface area contributed by atoms with E-state index in [1.165, 1.54) is 0 Å². The number of carbonyl (C=O) groups is 2. The van der Waals surface area contributed by atoms with E-state index in [1.807, 2.05) is 89.8 Å². The summed E-state index contributed by atoms with van der Waals surface area (Å²) in [5, 5.41) is 3.16. The normalized spacial score (nSPS) is 18.7. The van der Waals surface area contributed by atoms with Crippen LogP contribution in [0.2, 0.25) is 0 Å². The molecule has 2 fully saturated rings. The topological polar surface area (TPSA) is 52.7 Å². The van der Waals surface area contributed by atoms with Gasteiger partial charge < -0.3 is 15.1 Å². The highest BCUT2D eigenvalue weighted by molar-refractivity contribution is 6.00. The largest absolute Gasteiger partial charge is 0.371 e. The van der Waals surface area contributed by atoms with Crippen molar-refractivity contribution in [1.82, 2.24) is 10.2 Å². The molecule has 0 saturated carbocycles. The molecular weight excluding hydrogens is 494 g/mol. The number of rotatable bonds is 7. The molecule has 2 aliphatic rings. The van der Waals surface area contributed by atoms with E-state index in [0.717, 1.165) is 22.4 Å². The number of para-hydroxylation sites is 1. The maximum Gasteiger partial charge on any atom is 0.246 e. The molecule has 2 amide bonds. The number of nitrogens with one attached hydrogen (secondary N) is 1. The van der Waals surface area contributed by atoms with Crippen molar-refractivity contribution >= 4 is 17.5 Å². The second-order valence-electron chi connectivity index (χ2n) is 10.9. The standard InChI is InChI=1S/C35H35N3O2/c39-33-32(25-27-13-5-1-6-14-27)36-34(40)35(21-23-37(24-22-35)30-19-11-4-12-20-30)38(33)26-31(28-15-7-2-8-16-28)29-17-9-3-10-18-29/h1-20,31-32H,21-26H2,(H,36,40). The molecule has 1 unspecified atom stereocenters. The summed E-state index contributed by atoms with van der Waals surface area (Å²) in [6.45, 7) is 1.88. The van der Waals surface area contributed by atoms with Gasteiger partial charge in [-0.05, 0) is 41.7 Å². The Balaban J connectivity index is 1.35. The third-order valence-corrected chi connectivity index (χ3v) is 8.57. The van der Waals surface area contributed by atoms with Crippen molar-refractivity contribution in [3.63, 3.8) is 0 Å². The van der Waals surface area contributed by atoms with Crippen LogP contribution < -0.4 is 10.2 Å². The second kappa shape index (κ2) is 11.4. The highest BCUT2D eigenvalue weighted by atomic mass is 16.2. The molecule has 4 aromatic carbocycles. The zero-order valence-electron chi connectivity index (χ0n) is 22.7. The van der Waals surface area contributed by atoms with E-state index in [4.69, 9.17) is 0 Å². The Morgan fingerprint density at radius 2 is 1.20 bits per heavy atom. The third kappa shape index (κ3) is 5.12. The van der Waals surface area contributed by atoms with Gasteiger partial charge in [0.2, 0.25) is 11.8 Å². The Kier molecular flexibility index (Phi) is 7.37. The molecule has 2 aliphatic heterocycles. The van der Waals surface area contributed by atoms with Crippen LogP contribution in [0.5, 0.6) is 0 Å². The van der Waals surface area contributed by atoms with Crippen LogP contribution in [0.15, 0.2) is 121 Å². The molecule has 5 nitrogen and oxygen atoms in total. The average Bonchev–Trinajstić information content (AvgIpc) is 3.02. The molecule has 202 valence electrons. The number of hydrogen-bond acceptors (Lipinski definition) is 3. The van der Waals surface area contributed by atoms with Gasteiger partial charge in [-0.15, -0.1) is 0 Å². The van der Waals surface area contributed by atoms with Crippen LogP contribution in [-0.2, 0) is 16.0 Å². The van der Waals surface area contributed by atoms with Gasteiger partial charge in [0, 0.05) is 37.7 Å². The second-order valence-corrected chi connectivity index (χ2v) is 10.9. The van der Waals surface area contributed by atoms with Crippen molar-refractivity contribution in [3.05, 3.63) is 138 Å².